The van der Waals surface area contributed by atoms with E-state index in [-0.39, 0.29) is 0 Å². The summed E-state index contributed by atoms with van der Waals surface area (Å²) in [5.41, 5.74) is 0. The molecule has 20 heavy (non-hydrogen) atoms. The Morgan fingerprint density at radius 2 is 1.45 bits per heavy atom. The zero-order valence-electron chi connectivity index (χ0n) is 13.6. The molecule has 3 aliphatic carbocycles. The molecule has 0 amide bonds. The molecule has 0 aromatic heterocycles. The zero-order chi connectivity index (χ0) is 13.8. The molecule has 0 radical (unpaired) electrons. The predicted octanol–water partition coefficient (Wildman–Crippen LogP) is 5.15. The molecule has 0 bridgehead atoms. The molecule has 1 N–H and O–H groups in total. The molecule has 3 rings (SSSR count). The molecule has 0 saturated heterocycles. The number of nitrogens with one attached hydrogen (secondary N) is 1. The Hall–Kier alpha value is -0.0400. The van der Waals surface area contributed by atoms with Crippen molar-refractivity contribution in [2.75, 3.05) is 6.54 Å². The first-order valence-corrected chi connectivity index (χ1v) is 9.62. The topological polar surface area (TPSA) is 12.0 Å². The standard InChI is InChI=1S/C19H35N/c1-2-20-19(16-9-4-3-5-10-16)18-13-12-15-8-6-7-11-17(15)14-18/h15-20H,2-14H2,1H3. The third kappa shape index (κ3) is 3.40. The highest BCUT2D eigenvalue weighted by Gasteiger charge is 2.37. The van der Waals surface area contributed by atoms with E-state index in [0.29, 0.717) is 0 Å². The van der Waals surface area contributed by atoms with Gasteiger partial charge in [0.2, 0.25) is 0 Å². The van der Waals surface area contributed by atoms with Crippen molar-refractivity contribution in [1.29, 1.82) is 0 Å². The highest BCUT2D eigenvalue weighted by atomic mass is 14.9. The fraction of sp³-hybridized carbons (Fsp3) is 1.00. The van der Waals surface area contributed by atoms with Gasteiger partial charge in [-0.1, -0.05) is 51.9 Å². The van der Waals surface area contributed by atoms with Gasteiger partial charge in [-0.15, -0.1) is 0 Å². The Balaban J connectivity index is 1.61. The fourth-order valence-corrected chi connectivity index (χ4v) is 5.68. The van der Waals surface area contributed by atoms with Gasteiger partial charge in [-0.3, -0.25) is 0 Å². The molecule has 0 aliphatic heterocycles. The van der Waals surface area contributed by atoms with Crippen LogP contribution in [0.25, 0.3) is 0 Å². The third-order valence-corrected chi connectivity index (χ3v) is 6.69. The quantitative estimate of drug-likeness (QED) is 0.749. The van der Waals surface area contributed by atoms with E-state index in [1.165, 1.54) is 57.9 Å². The summed E-state index contributed by atoms with van der Waals surface area (Å²) >= 11 is 0. The largest absolute Gasteiger partial charge is 0.314 e. The Labute approximate surface area is 126 Å². The van der Waals surface area contributed by atoms with Crippen LogP contribution in [0.3, 0.4) is 0 Å². The minimum absolute atomic E-state index is 0.850. The van der Waals surface area contributed by atoms with Crippen molar-refractivity contribution in [3.8, 4) is 0 Å². The van der Waals surface area contributed by atoms with Gasteiger partial charge in [0.25, 0.3) is 0 Å². The molecule has 4 atom stereocenters. The summed E-state index contributed by atoms with van der Waals surface area (Å²) in [5.74, 6) is 4.19. The van der Waals surface area contributed by atoms with Gasteiger partial charge >= 0.3 is 0 Å². The predicted molar refractivity (Wildman–Crippen MR) is 86.8 cm³/mol. The van der Waals surface area contributed by atoms with E-state index in [1.807, 2.05) is 0 Å². The SMILES string of the molecule is CCNC(C1CCCCC1)C1CCC2CCCCC2C1. The van der Waals surface area contributed by atoms with Crippen LogP contribution in [0.5, 0.6) is 0 Å². The van der Waals surface area contributed by atoms with Crippen LogP contribution in [0, 0.1) is 23.7 Å². The van der Waals surface area contributed by atoms with E-state index in [4.69, 9.17) is 0 Å². The molecular weight excluding hydrogens is 242 g/mol. The second kappa shape index (κ2) is 7.29. The fourth-order valence-electron chi connectivity index (χ4n) is 5.68. The average molecular weight is 277 g/mol. The monoisotopic (exact) mass is 277 g/mol. The Morgan fingerprint density at radius 3 is 2.20 bits per heavy atom. The summed E-state index contributed by atoms with van der Waals surface area (Å²) in [7, 11) is 0. The first kappa shape index (κ1) is 14.9. The lowest BCUT2D eigenvalue weighted by Crippen LogP contribution is -2.46. The molecule has 0 heterocycles. The number of hydrogen-bond acceptors (Lipinski definition) is 1. The first-order valence-electron chi connectivity index (χ1n) is 9.62. The van der Waals surface area contributed by atoms with Crippen molar-refractivity contribution >= 4 is 0 Å². The zero-order valence-corrected chi connectivity index (χ0v) is 13.6. The lowest BCUT2D eigenvalue weighted by Gasteiger charge is -2.45. The van der Waals surface area contributed by atoms with Gasteiger partial charge in [-0.2, -0.15) is 0 Å². The van der Waals surface area contributed by atoms with Gasteiger partial charge < -0.3 is 5.32 Å². The van der Waals surface area contributed by atoms with Gasteiger partial charge in [-0.25, -0.2) is 0 Å². The molecule has 0 aromatic carbocycles. The highest BCUT2D eigenvalue weighted by molar-refractivity contribution is 4.91. The van der Waals surface area contributed by atoms with E-state index in [0.717, 1.165) is 29.7 Å². The minimum Gasteiger partial charge on any atom is -0.314 e. The Kier molecular flexibility index (Phi) is 5.42. The van der Waals surface area contributed by atoms with Crippen LogP contribution in [-0.2, 0) is 0 Å². The summed E-state index contributed by atoms with van der Waals surface area (Å²) in [5, 5.41) is 3.92. The van der Waals surface area contributed by atoms with Gasteiger partial charge in [0.1, 0.15) is 0 Å². The van der Waals surface area contributed by atoms with Crippen molar-refractivity contribution in [2.45, 2.75) is 90.0 Å². The lowest BCUT2D eigenvalue weighted by atomic mass is 9.64. The maximum Gasteiger partial charge on any atom is 0.0124 e. The van der Waals surface area contributed by atoms with Crippen LogP contribution in [0.15, 0.2) is 0 Å². The van der Waals surface area contributed by atoms with Crippen LogP contribution >= 0.6 is 0 Å². The summed E-state index contributed by atoms with van der Waals surface area (Å²) in [6.07, 6.45) is 18.2. The van der Waals surface area contributed by atoms with Gasteiger partial charge in [0, 0.05) is 6.04 Å². The molecule has 3 aliphatic rings. The average Bonchev–Trinajstić information content (AvgIpc) is 2.53. The van der Waals surface area contributed by atoms with Crippen LogP contribution in [0.2, 0.25) is 0 Å². The number of hydrogen-bond donors (Lipinski definition) is 1. The molecule has 1 heteroatoms. The van der Waals surface area contributed by atoms with Crippen LogP contribution < -0.4 is 5.32 Å². The molecule has 116 valence electrons. The van der Waals surface area contributed by atoms with E-state index in [1.54, 1.807) is 25.7 Å². The Bertz CT molecular complexity index is 281. The van der Waals surface area contributed by atoms with Crippen molar-refractivity contribution in [3.63, 3.8) is 0 Å². The van der Waals surface area contributed by atoms with Crippen LogP contribution in [0.4, 0.5) is 0 Å². The lowest BCUT2D eigenvalue weighted by molar-refractivity contribution is 0.0854. The van der Waals surface area contributed by atoms with Crippen molar-refractivity contribution in [3.05, 3.63) is 0 Å². The van der Waals surface area contributed by atoms with E-state index in [9.17, 15) is 0 Å². The maximum atomic E-state index is 3.92. The summed E-state index contributed by atoms with van der Waals surface area (Å²) in [6.45, 7) is 3.48. The normalized spacial score (nSPS) is 37.4. The number of rotatable bonds is 4. The molecule has 0 spiro atoms. The van der Waals surface area contributed by atoms with E-state index in [2.05, 4.69) is 12.2 Å². The molecule has 3 saturated carbocycles. The second-order valence-corrected chi connectivity index (χ2v) is 7.86. The van der Waals surface area contributed by atoms with Gasteiger partial charge in [0.15, 0.2) is 0 Å². The smallest absolute Gasteiger partial charge is 0.0124 e. The Morgan fingerprint density at radius 1 is 0.750 bits per heavy atom. The molecule has 1 nitrogen and oxygen atoms in total. The highest BCUT2D eigenvalue weighted by Crippen LogP contribution is 2.45. The van der Waals surface area contributed by atoms with E-state index >= 15 is 0 Å². The summed E-state index contributed by atoms with van der Waals surface area (Å²) < 4.78 is 0. The minimum atomic E-state index is 0.850. The molecule has 4 unspecified atom stereocenters. The van der Waals surface area contributed by atoms with E-state index < -0.39 is 0 Å². The van der Waals surface area contributed by atoms with Gasteiger partial charge in [-0.05, 0) is 62.3 Å². The van der Waals surface area contributed by atoms with Crippen molar-refractivity contribution in [1.82, 2.24) is 5.32 Å². The number of fused-ring (bicyclic) bond motifs is 1. The van der Waals surface area contributed by atoms with Crippen molar-refractivity contribution < 1.29 is 0 Å². The summed E-state index contributed by atoms with van der Waals surface area (Å²) in [6, 6.07) is 0.850. The second-order valence-electron chi connectivity index (χ2n) is 7.86. The van der Waals surface area contributed by atoms with Crippen LogP contribution in [-0.4, -0.2) is 12.6 Å². The van der Waals surface area contributed by atoms with Gasteiger partial charge in [0.05, 0.1) is 0 Å². The first-order chi connectivity index (χ1) is 9.88. The molecular formula is C19H35N. The van der Waals surface area contributed by atoms with Crippen LogP contribution in [0.1, 0.15) is 84.0 Å². The summed E-state index contributed by atoms with van der Waals surface area (Å²) in [4.78, 5) is 0. The van der Waals surface area contributed by atoms with Crippen molar-refractivity contribution in [2.24, 2.45) is 23.7 Å². The maximum absolute atomic E-state index is 3.92. The molecule has 3 fully saturated rings. The third-order valence-electron chi connectivity index (χ3n) is 6.69. The molecule has 0 aromatic rings.